The molecule has 2 heterocycles. The van der Waals surface area contributed by atoms with Gasteiger partial charge in [0.1, 0.15) is 18.0 Å². The zero-order valence-electron chi connectivity index (χ0n) is 10.5. The predicted octanol–water partition coefficient (Wildman–Crippen LogP) is 0.916. The van der Waals surface area contributed by atoms with Gasteiger partial charge in [-0.25, -0.2) is 4.79 Å². The lowest BCUT2D eigenvalue weighted by atomic mass is 9.98. The average molecular weight is 272 g/mol. The van der Waals surface area contributed by atoms with E-state index in [1.807, 2.05) is 20.8 Å². The van der Waals surface area contributed by atoms with E-state index >= 15 is 0 Å². The van der Waals surface area contributed by atoms with Gasteiger partial charge in [0.05, 0.1) is 0 Å². The van der Waals surface area contributed by atoms with Crippen molar-refractivity contribution < 1.29 is 19.5 Å². The molecule has 0 aromatic heterocycles. The molecule has 1 N–H and O–H groups in total. The van der Waals surface area contributed by atoms with Crippen molar-refractivity contribution >= 4 is 29.4 Å². The van der Waals surface area contributed by atoms with E-state index in [1.165, 1.54) is 16.7 Å². The van der Waals surface area contributed by atoms with Crippen molar-refractivity contribution in [3.8, 4) is 0 Å². The fraction of sp³-hybridized carbons (Fsp3) is 0.727. The van der Waals surface area contributed by atoms with Gasteiger partial charge in [-0.2, -0.15) is 0 Å². The van der Waals surface area contributed by atoms with E-state index < -0.39 is 16.8 Å². The Hall–Kier alpha value is -1.24. The van der Waals surface area contributed by atoms with Crippen molar-refractivity contribution in [2.45, 2.75) is 43.4 Å². The fourth-order valence-electron chi connectivity index (χ4n) is 2.17. The average Bonchev–Trinajstić information content (AvgIpc) is 2.53. The summed E-state index contributed by atoms with van der Waals surface area (Å²) in [5.74, 6) is -1.31. The van der Waals surface area contributed by atoms with Crippen molar-refractivity contribution in [1.82, 2.24) is 4.90 Å². The van der Waals surface area contributed by atoms with Gasteiger partial charge in [-0.05, 0) is 20.3 Å². The molecule has 6 nitrogen and oxygen atoms in total. The number of rotatable bonds is 4. The molecule has 2 atom stereocenters. The van der Waals surface area contributed by atoms with Gasteiger partial charge >= 0.3 is 5.97 Å². The van der Waals surface area contributed by atoms with Crippen LogP contribution in [0.5, 0.6) is 0 Å². The van der Waals surface area contributed by atoms with Crippen LogP contribution < -0.4 is 0 Å². The number of fused-ring (bicyclic) bond motifs is 1. The first-order chi connectivity index (χ1) is 8.40. The molecule has 2 fully saturated rings. The van der Waals surface area contributed by atoms with Crippen LogP contribution in [0.4, 0.5) is 0 Å². The number of carbonyl (C=O) groups excluding carboxylic acids is 1. The number of aliphatic carboxylic acids is 1. The molecule has 7 heteroatoms. The second-order valence-corrected chi connectivity index (χ2v) is 6.57. The van der Waals surface area contributed by atoms with Crippen LogP contribution in [-0.4, -0.2) is 50.4 Å². The number of hydrogen-bond donors (Lipinski definition) is 1. The number of nitrogens with zero attached hydrogens (tertiary/aromatic N) is 2. The number of β-lactam (4-membered cyclic amide) rings is 1. The van der Waals surface area contributed by atoms with Crippen molar-refractivity contribution in [2.24, 2.45) is 5.16 Å². The zero-order chi connectivity index (χ0) is 13.5. The smallest absolute Gasteiger partial charge is 0.327 e. The van der Waals surface area contributed by atoms with Crippen LogP contribution in [0.2, 0.25) is 0 Å². The number of oxime groups is 1. The summed E-state index contributed by atoms with van der Waals surface area (Å²) in [6, 6.07) is -0.801. The van der Waals surface area contributed by atoms with Crippen LogP contribution in [0.15, 0.2) is 5.16 Å². The molecule has 2 rings (SSSR count). The quantitative estimate of drug-likeness (QED) is 0.467. The topological polar surface area (TPSA) is 79.2 Å². The van der Waals surface area contributed by atoms with Crippen LogP contribution in [0.3, 0.4) is 0 Å². The highest BCUT2D eigenvalue weighted by molar-refractivity contribution is 8.02. The maximum absolute atomic E-state index is 11.9. The summed E-state index contributed by atoms with van der Waals surface area (Å²) in [7, 11) is 0. The maximum atomic E-state index is 11.9. The van der Waals surface area contributed by atoms with Crippen LogP contribution in [0.1, 0.15) is 27.2 Å². The summed E-state index contributed by atoms with van der Waals surface area (Å²) < 4.78 is -0.520. The van der Waals surface area contributed by atoms with Gasteiger partial charge in [-0.1, -0.05) is 12.1 Å². The van der Waals surface area contributed by atoms with Crippen LogP contribution >= 0.6 is 11.8 Å². The summed E-state index contributed by atoms with van der Waals surface area (Å²) in [4.78, 5) is 29.5. The second-order valence-electron chi connectivity index (χ2n) is 4.84. The number of carboxylic acids is 1. The molecule has 0 radical (unpaired) electrons. The van der Waals surface area contributed by atoms with E-state index in [1.54, 1.807) is 0 Å². The van der Waals surface area contributed by atoms with E-state index in [0.717, 1.165) is 6.42 Å². The third-order valence-electron chi connectivity index (χ3n) is 2.98. The SMILES string of the molecule is CCCO/N=C1\C(=O)N2[C@@H]1SC(C)(C)[C@@H]2C(=O)O. The van der Waals surface area contributed by atoms with Crippen LogP contribution in [0.25, 0.3) is 0 Å². The number of amides is 1. The van der Waals surface area contributed by atoms with Crippen molar-refractivity contribution in [3.63, 3.8) is 0 Å². The third-order valence-corrected chi connectivity index (χ3v) is 4.49. The molecule has 2 saturated heterocycles. The lowest BCUT2D eigenvalue weighted by Crippen LogP contribution is -2.63. The number of hydrogen-bond acceptors (Lipinski definition) is 5. The Kier molecular flexibility index (Phi) is 3.27. The monoisotopic (exact) mass is 272 g/mol. The van der Waals surface area contributed by atoms with Crippen LogP contribution in [-0.2, 0) is 14.4 Å². The number of carbonyl (C=O) groups is 2. The van der Waals surface area contributed by atoms with E-state index in [0.29, 0.717) is 12.3 Å². The summed E-state index contributed by atoms with van der Waals surface area (Å²) in [6.07, 6.45) is 0.815. The molecule has 0 bridgehead atoms. The standard InChI is InChI=1S/C11H16N2O4S/c1-4-5-17-12-6-8(14)13-7(10(15)16)11(2,3)18-9(6)13/h7,9H,4-5H2,1-3H3,(H,15,16)/b12-6+/t7-,9+/m0/s1. The zero-order valence-corrected chi connectivity index (χ0v) is 11.4. The summed E-state index contributed by atoms with van der Waals surface area (Å²) in [5.41, 5.74) is 0.324. The molecule has 2 aliphatic heterocycles. The van der Waals surface area contributed by atoms with E-state index in [-0.39, 0.29) is 11.3 Å². The first-order valence-electron chi connectivity index (χ1n) is 5.83. The van der Waals surface area contributed by atoms with Crippen LogP contribution in [0, 0.1) is 0 Å². The van der Waals surface area contributed by atoms with Gasteiger partial charge < -0.3 is 14.8 Å². The molecule has 0 aliphatic carbocycles. The summed E-state index contributed by atoms with van der Waals surface area (Å²) >= 11 is 1.44. The van der Waals surface area contributed by atoms with E-state index in [4.69, 9.17) is 4.84 Å². The van der Waals surface area contributed by atoms with Gasteiger partial charge in [-0.15, -0.1) is 11.8 Å². The van der Waals surface area contributed by atoms with Gasteiger partial charge in [0, 0.05) is 4.75 Å². The molecule has 0 saturated carbocycles. The Morgan fingerprint density at radius 3 is 2.83 bits per heavy atom. The van der Waals surface area contributed by atoms with Crippen molar-refractivity contribution in [1.29, 1.82) is 0 Å². The van der Waals surface area contributed by atoms with Crippen molar-refractivity contribution in [3.05, 3.63) is 0 Å². The molecular weight excluding hydrogens is 256 g/mol. The van der Waals surface area contributed by atoms with E-state index in [9.17, 15) is 14.7 Å². The Morgan fingerprint density at radius 2 is 2.28 bits per heavy atom. The summed E-state index contributed by atoms with van der Waals surface area (Å²) in [5, 5.41) is 12.7. The molecule has 0 spiro atoms. The lowest BCUT2D eigenvalue weighted by molar-refractivity contribution is -0.150. The molecule has 2 aliphatic rings. The second kappa shape index (κ2) is 4.46. The molecule has 100 valence electrons. The fourth-order valence-corrected chi connectivity index (χ4v) is 3.67. The number of carboxylic acid groups (broad SMARTS) is 1. The highest BCUT2D eigenvalue weighted by Gasteiger charge is 2.62. The highest BCUT2D eigenvalue weighted by atomic mass is 32.2. The van der Waals surface area contributed by atoms with E-state index in [2.05, 4.69) is 5.16 Å². The Labute approximate surface area is 109 Å². The summed E-state index contributed by atoms with van der Waals surface area (Å²) in [6.45, 7) is 6.06. The van der Waals surface area contributed by atoms with Crippen molar-refractivity contribution in [2.75, 3.05) is 6.61 Å². The Balaban J connectivity index is 2.16. The Morgan fingerprint density at radius 1 is 1.61 bits per heavy atom. The lowest BCUT2D eigenvalue weighted by Gasteiger charge is -2.36. The van der Waals surface area contributed by atoms with Gasteiger partial charge in [0.25, 0.3) is 5.91 Å². The molecule has 0 unspecified atom stereocenters. The minimum atomic E-state index is -0.975. The third kappa shape index (κ3) is 1.86. The maximum Gasteiger partial charge on any atom is 0.327 e. The highest BCUT2D eigenvalue weighted by Crippen LogP contribution is 2.49. The van der Waals surface area contributed by atoms with Gasteiger partial charge in [0.15, 0.2) is 5.71 Å². The number of thioether (sulfide) groups is 1. The normalized spacial score (nSPS) is 31.2. The predicted molar refractivity (Wildman–Crippen MR) is 67.4 cm³/mol. The molecule has 0 aromatic carbocycles. The first-order valence-corrected chi connectivity index (χ1v) is 6.71. The largest absolute Gasteiger partial charge is 0.480 e. The minimum Gasteiger partial charge on any atom is -0.480 e. The molecular formula is C11H16N2O4S. The first kappa shape index (κ1) is 13.2. The Bertz CT molecular complexity index is 421. The van der Waals surface area contributed by atoms with Gasteiger partial charge in [-0.3, -0.25) is 4.79 Å². The molecule has 18 heavy (non-hydrogen) atoms. The molecule has 0 aromatic rings. The minimum absolute atomic E-state index is 0.287. The molecule has 1 amide bonds. The van der Waals surface area contributed by atoms with Gasteiger partial charge in [0.2, 0.25) is 0 Å².